The van der Waals surface area contributed by atoms with Crippen LogP contribution in [0.1, 0.15) is 11.1 Å². The van der Waals surface area contributed by atoms with Gasteiger partial charge in [-0.15, -0.1) is 0 Å². The summed E-state index contributed by atoms with van der Waals surface area (Å²) in [5.41, 5.74) is 9.93. The summed E-state index contributed by atoms with van der Waals surface area (Å²) in [4.78, 5) is 11.9. The van der Waals surface area contributed by atoms with Gasteiger partial charge in [-0.25, -0.2) is 5.43 Å². The topological polar surface area (TPSA) is 96.9 Å². The molecule has 2 aromatic rings. The van der Waals surface area contributed by atoms with Crippen molar-refractivity contribution in [2.24, 2.45) is 10.8 Å². The summed E-state index contributed by atoms with van der Waals surface area (Å²) < 4.78 is 5.00. The van der Waals surface area contributed by atoms with Crippen molar-refractivity contribution in [1.29, 1.82) is 0 Å². The van der Waals surface area contributed by atoms with Gasteiger partial charge in [0.25, 0.3) is 5.91 Å². The molecule has 1 atom stereocenters. The normalized spacial score (nSPS) is 12.1. The summed E-state index contributed by atoms with van der Waals surface area (Å²) >= 11 is 0. The minimum atomic E-state index is -0.677. The first-order valence-corrected chi connectivity index (χ1v) is 7.09. The Morgan fingerprint density at radius 1 is 1.35 bits per heavy atom. The molecule has 0 aliphatic rings. The number of phenolic OH excluding ortho intramolecular Hbond substituents is 1. The fourth-order valence-electron chi connectivity index (χ4n) is 1.99. The second-order valence-corrected chi connectivity index (χ2v) is 4.96. The lowest BCUT2D eigenvalue weighted by Crippen LogP contribution is -2.39. The molecule has 23 heavy (non-hydrogen) atoms. The van der Waals surface area contributed by atoms with Gasteiger partial charge in [-0.3, -0.25) is 4.79 Å². The number of hydrogen-bond donors (Lipinski definition) is 3. The standard InChI is InChI=1S/C17H19N3O3/c1-23-16-10-13(7-8-15(16)21)11-19-20-17(22)14(18)9-12-5-3-2-4-6-12/h2-8,10-11,14,21H,9,18H2,1H3,(H,20,22)/b19-11+. The van der Waals surface area contributed by atoms with Gasteiger partial charge in [-0.1, -0.05) is 30.3 Å². The molecule has 6 nitrogen and oxygen atoms in total. The predicted molar refractivity (Wildman–Crippen MR) is 88.5 cm³/mol. The van der Waals surface area contributed by atoms with Crippen LogP contribution < -0.4 is 15.9 Å². The largest absolute Gasteiger partial charge is 0.504 e. The number of carbonyl (C=O) groups excluding carboxylic acids is 1. The van der Waals surface area contributed by atoms with E-state index in [1.165, 1.54) is 19.4 Å². The van der Waals surface area contributed by atoms with E-state index in [9.17, 15) is 9.90 Å². The summed E-state index contributed by atoms with van der Waals surface area (Å²) in [6.07, 6.45) is 1.89. The van der Waals surface area contributed by atoms with Gasteiger partial charge in [0, 0.05) is 0 Å². The SMILES string of the molecule is COc1cc(/C=N/NC(=O)C(N)Cc2ccccc2)ccc1O. The molecule has 6 heteroatoms. The Hall–Kier alpha value is -2.86. The molecule has 1 amide bonds. The van der Waals surface area contributed by atoms with E-state index in [0.717, 1.165) is 5.56 Å². The summed E-state index contributed by atoms with van der Waals surface area (Å²) in [6, 6.07) is 13.6. The van der Waals surface area contributed by atoms with E-state index in [4.69, 9.17) is 10.5 Å². The maximum Gasteiger partial charge on any atom is 0.257 e. The highest BCUT2D eigenvalue weighted by molar-refractivity contribution is 5.85. The van der Waals surface area contributed by atoms with Crippen LogP contribution in [0, 0.1) is 0 Å². The zero-order valence-corrected chi connectivity index (χ0v) is 12.8. The summed E-state index contributed by atoms with van der Waals surface area (Å²) in [6.45, 7) is 0. The number of benzene rings is 2. The van der Waals surface area contributed by atoms with E-state index in [1.54, 1.807) is 12.1 Å². The van der Waals surface area contributed by atoms with Crippen molar-refractivity contribution in [3.05, 3.63) is 59.7 Å². The van der Waals surface area contributed by atoms with Gasteiger partial charge in [0.05, 0.1) is 19.4 Å². The van der Waals surface area contributed by atoms with E-state index < -0.39 is 6.04 Å². The molecule has 0 bridgehead atoms. The predicted octanol–water partition coefficient (Wildman–Crippen LogP) is 1.42. The minimum Gasteiger partial charge on any atom is -0.504 e. The Labute approximate surface area is 134 Å². The first kappa shape index (κ1) is 16.5. The molecule has 0 aliphatic heterocycles. The Morgan fingerprint density at radius 3 is 2.78 bits per heavy atom. The van der Waals surface area contributed by atoms with Crippen LogP contribution in [0.25, 0.3) is 0 Å². The van der Waals surface area contributed by atoms with Crippen LogP contribution in [-0.4, -0.2) is 30.4 Å². The number of methoxy groups -OCH3 is 1. The molecule has 1 unspecified atom stereocenters. The second kappa shape index (κ2) is 7.95. The lowest BCUT2D eigenvalue weighted by Gasteiger charge is -2.09. The Balaban J connectivity index is 1.90. The van der Waals surface area contributed by atoms with Crippen LogP contribution in [0.3, 0.4) is 0 Å². The number of nitrogens with zero attached hydrogens (tertiary/aromatic N) is 1. The Morgan fingerprint density at radius 2 is 2.09 bits per heavy atom. The number of nitrogens with two attached hydrogens (primary N) is 1. The molecule has 0 aliphatic carbocycles. The smallest absolute Gasteiger partial charge is 0.257 e. The van der Waals surface area contributed by atoms with Gasteiger partial charge in [-0.2, -0.15) is 5.10 Å². The number of carbonyl (C=O) groups is 1. The monoisotopic (exact) mass is 313 g/mol. The Kier molecular flexibility index (Phi) is 5.71. The lowest BCUT2D eigenvalue weighted by atomic mass is 10.1. The molecule has 2 rings (SSSR count). The van der Waals surface area contributed by atoms with Gasteiger partial charge >= 0.3 is 0 Å². The third-order valence-electron chi connectivity index (χ3n) is 3.23. The van der Waals surface area contributed by atoms with Crippen molar-refractivity contribution in [2.75, 3.05) is 7.11 Å². The highest BCUT2D eigenvalue weighted by Gasteiger charge is 2.13. The number of phenols is 1. The molecule has 120 valence electrons. The molecular weight excluding hydrogens is 294 g/mol. The number of aromatic hydroxyl groups is 1. The third-order valence-corrected chi connectivity index (χ3v) is 3.23. The van der Waals surface area contributed by atoms with Crippen LogP contribution >= 0.6 is 0 Å². The first-order chi connectivity index (χ1) is 11.1. The van der Waals surface area contributed by atoms with E-state index in [2.05, 4.69) is 10.5 Å². The van der Waals surface area contributed by atoms with Gasteiger partial charge in [0.1, 0.15) is 0 Å². The second-order valence-electron chi connectivity index (χ2n) is 4.96. The van der Waals surface area contributed by atoms with Crippen molar-refractivity contribution in [3.63, 3.8) is 0 Å². The number of amides is 1. The van der Waals surface area contributed by atoms with E-state index in [-0.39, 0.29) is 11.7 Å². The molecule has 0 fully saturated rings. The zero-order chi connectivity index (χ0) is 16.7. The molecule has 0 heterocycles. The molecule has 0 saturated carbocycles. The number of nitrogens with one attached hydrogen (secondary N) is 1. The van der Waals surface area contributed by atoms with E-state index in [0.29, 0.717) is 17.7 Å². The Bertz CT molecular complexity index is 687. The molecule has 4 N–H and O–H groups in total. The van der Waals surface area contributed by atoms with Crippen molar-refractivity contribution >= 4 is 12.1 Å². The number of rotatable bonds is 6. The zero-order valence-electron chi connectivity index (χ0n) is 12.8. The third kappa shape index (κ3) is 4.82. The average molecular weight is 313 g/mol. The average Bonchev–Trinajstić information content (AvgIpc) is 2.57. The molecule has 0 saturated heterocycles. The van der Waals surface area contributed by atoms with Crippen LogP contribution in [0.15, 0.2) is 53.6 Å². The number of ether oxygens (including phenoxy) is 1. The van der Waals surface area contributed by atoms with Crippen LogP contribution in [-0.2, 0) is 11.2 Å². The maximum absolute atomic E-state index is 11.9. The maximum atomic E-state index is 11.9. The van der Waals surface area contributed by atoms with Crippen LogP contribution in [0.2, 0.25) is 0 Å². The number of hydrazone groups is 1. The molecule has 0 radical (unpaired) electrons. The first-order valence-electron chi connectivity index (χ1n) is 7.09. The summed E-state index contributed by atoms with van der Waals surface area (Å²) in [5.74, 6) is 0.00970. The molecule has 0 spiro atoms. The fourth-order valence-corrected chi connectivity index (χ4v) is 1.99. The fraction of sp³-hybridized carbons (Fsp3) is 0.176. The summed E-state index contributed by atoms with van der Waals surface area (Å²) in [7, 11) is 1.46. The van der Waals surface area contributed by atoms with Crippen molar-refractivity contribution < 1.29 is 14.6 Å². The van der Waals surface area contributed by atoms with Crippen LogP contribution in [0.5, 0.6) is 11.5 Å². The molecule has 0 aromatic heterocycles. The van der Waals surface area contributed by atoms with E-state index in [1.807, 2.05) is 30.3 Å². The van der Waals surface area contributed by atoms with Gasteiger partial charge < -0.3 is 15.6 Å². The van der Waals surface area contributed by atoms with Gasteiger partial charge in [0.15, 0.2) is 11.5 Å². The van der Waals surface area contributed by atoms with Crippen LogP contribution in [0.4, 0.5) is 0 Å². The minimum absolute atomic E-state index is 0.0403. The summed E-state index contributed by atoms with van der Waals surface area (Å²) in [5, 5.41) is 13.4. The number of hydrogen-bond acceptors (Lipinski definition) is 5. The molecule has 2 aromatic carbocycles. The highest BCUT2D eigenvalue weighted by Crippen LogP contribution is 2.25. The van der Waals surface area contributed by atoms with Gasteiger partial charge in [-0.05, 0) is 35.7 Å². The quantitative estimate of drug-likeness (QED) is 0.555. The highest BCUT2D eigenvalue weighted by atomic mass is 16.5. The lowest BCUT2D eigenvalue weighted by molar-refractivity contribution is -0.122. The molecular formula is C17H19N3O3. The van der Waals surface area contributed by atoms with Gasteiger partial charge in [0.2, 0.25) is 0 Å². The van der Waals surface area contributed by atoms with Crippen molar-refractivity contribution in [3.8, 4) is 11.5 Å². The van der Waals surface area contributed by atoms with Crippen molar-refractivity contribution in [1.82, 2.24) is 5.43 Å². The van der Waals surface area contributed by atoms with E-state index >= 15 is 0 Å². The van der Waals surface area contributed by atoms with Crippen molar-refractivity contribution in [2.45, 2.75) is 12.5 Å².